The van der Waals surface area contributed by atoms with E-state index in [1.165, 1.54) is 5.56 Å². The Morgan fingerprint density at radius 1 is 1.38 bits per heavy atom. The molecule has 1 aliphatic rings. The standard InChI is InChI=1S/C22H36N6O/c1-5-23-22(25-13-20-16-27(11-12-29-20)14-17(2)3)24-9-8-19-15-28-10-6-7-18(4)21(28)26-19/h6-7,10,15,17,20H,5,8-9,11-14,16H2,1-4H3,(H2,23,24,25). The molecule has 2 aromatic rings. The van der Waals surface area contributed by atoms with Gasteiger partial charge in [0, 0.05) is 51.5 Å². The van der Waals surface area contributed by atoms with E-state index in [4.69, 9.17) is 14.7 Å². The first kappa shape index (κ1) is 21.6. The van der Waals surface area contributed by atoms with Crippen molar-refractivity contribution in [2.75, 3.05) is 45.9 Å². The Kier molecular flexibility index (Phi) is 7.89. The maximum absolute atomic E-state index is 5.92. The minimum atomic E-state index is 0.166. The van der Waals surface area contributed by atoms with E-state index in [2.05, 4.69) is 66.0 Å². The molecule has 0 saturated carbocycles. The first-order chi connectivity index (χ1) is 14.0. The highest BCUT2D eigenvalue weighted by atomic mass is 16.5. The summed E-state index contributed by atoms with van der Waals surface area (Å²) in [5.74, 6) is 1.52. The van der Waals surface area contributed by atoms with Gasteiger partial charge in [0.1, 0.15) is 5.65 Å². The van der Waals surface area contributed by atoms with E-state index in [0.29, 0.717) is 12.5 Å². The average Bonchev–Trinajstić information content (AvgIpc) is 3.10. The molecule has 1 unspecified atom stereocenters. The maximum Gasteiger partial charge on any atom is 0.191 e. The van der Waals surface area contributed by atoms with Crippen molar-refractivity contribution >= 4 is 11.6 Å². The lowest BCUT2D eigenvalue weighted by molar-refractivity contribution is -0.0261. The molecular formula is C22H36N6O. The molecule has 7 heteroatoms. The van der Waals surface area contributed by atoms with Crippen LogP contribution in [0, 0.1) is 12.8 Å². The first-order valence-corrected chi connectivity index (χ1v) is 10.8. The lowest BCUT2D eigenvalue weighted by atomic mass is 10.2. The van der Waals surface area contributed by atoms with Crippen LogP contribution < -0.4 is 10.6 Å². The Morgan fingerprint density at radius 2 is 2.24 bits per heavy atom. The molecule has 3 heterocycles. The van der Waals surface area contributed by atoms with Crippen LogP contribution in [-0.4, -0.2) is 72.2 Å². The largest absolute Gasteiger partial charge is 0.374 e. The fraction of sp³-hybridized carbons (Fsp3) is 0.636. The van der Waals surface area contributed by atoms with Gasteiger partial charge in [-0.1, -0.05) is 19.9 Å². The van der Waals surface area contributed by atoms with Gasteiger partial charge in [-0.3, -0.25) is 9.89 Å². The monoisotopic (exact) mass is 400 g/mol. The zero-order valence-corrected chi connectivity index (χ0v) is 18.3. The molecule has 2 aromatic heterocycles. The summed E-state index contributed by atoms with van der Waals surface area (Å²) in [6.07, 6.45) is 5.17. The van der Waals surface area contributed by atoms with Crippen molar-refractivity contribution in [1.29, 1.82) is 0 Å². The summed E-state index contributed by atoms with van der Waals surface area (Å²) >= 11 is 0. The lowest BCUT2D eigenvalue weighted by Crippen LogP contribution is -2.46. The minimum absolute atomic E-state index is 0.166. The Balaban J connectivity index is 1.50. The number of hydrogen-bond donors (Lipinski definition) is 2. The predicted molar refractivity (Wildman–Crippen MR) is 119 cm³/mol. The second kappa shape index (κ2) is 10.6. The average molecular weight is 401 g/mol. The van der Waals surface area contributed by atoms with Crippen LogP contribution in [0.15, 0.2) is 29.5 Å². The quantitative estimate of drug-likeness (QED) is 0.525. The number of aryl methyl sites for hydroxylation is 1. The Bertz CT molecular complexity index is 800. The van der Waals surface area contributed by atoms with Crippen LogP contribution in [0.5, 0.6) is 0 Å². The molecule has 0 spiro atoms. The molecule has 0 aliphatic carbocycles. The summed E-state index contributed by atoms with van der Waals surface area (Å²) in [4.78, 5) is 12.0. The van der Waals surface area contributed by atoms with E-state index in [1.807, 2.05) is 6.20 Å². The van der Waals surface area contributed by atoms with Gasteiger partial charge in [-0.05, 0) is 31.4 Å². The number of fused-ring (bicyclic) bond motifs is 1. The van der Waals surface area contributed by atoms with E-state index in [1.54, 1.807) is 0 Å². The molecule has 1 saturated heterocycles. The summed E-state index contributed by atoms with van der Waals surface area (Å²) in [5, 5.41) is 6.76. The van der Waals surface area contributed by atoms with Crippen LogP contribution in [0.4, 0.5) is 0 Å². The van der Waals surface area contributed by atoms with E-state index < -0.39 is 0 Å². The number of imidazole rings is 1. The van der Waals surface area contributed by atoms with Gasteiger partial charge in [-0.15, -0.1) is 0 Å². The molecule has 0 radical (unpaired) electrons. The fourth-order valence-electron chi connectivity index (χ4n) is 3.74. The highest BCUT2D eigenvalue weighted by Crippen LogP contribution is 2.10. The molecule has 2 N–H and O–H groups in total. The molecule has 160 valence electrons. The van der Waals surface area contributed by atoms with Crippen molar-refractivity contribution in [3.63, 3.8) is 0 Å². The third-order valence-electron chi connectivity index (χ3n) is 5.04. The van der Waals surface area contributed by atoms with Gasteiger partial charge in [0.2, 0.25) is 0 Å². The summed E-state index contributed by atoms with van der Waals surface area (Å²) < 4.78 is 8.01. The third kappa shape index (κ3) is 6.44. The van der Waals surface area contributed by atoms with Crippen LogP contribution in [0.1, 0.15) is 32.0 Å². The Hall–Kier alpha value is -2.12. The second-order valence-corrected chi connectivity index (χ2v) is 8.20. The van der Waals surface area contributed by atoms with E-state index in [-0.39, 0.29) is 6.10 Å². The van der Waals surface area contributed by atoms with Crippen LogP contribution in [0.25, 0.3) is 5.65 Å². The van der Waals surface area contributed by atoms with E-state index in [9.17, 15) is 0 Å². The van der Waals surface area contributed by atoms with Gasteiger partial charge in [0.25, 0.3) is 0 Å². The van der Waals surface area contributed by atoms with Crippen molar-refractivity contribution < 1.29 is 4.74 Å². The first-order valence-electron chi connectivity index (χ1n) is 10.8. The smallest absolute Gasteiger partial charge is 0.191 e. The Labute approximate surface area is 174 Å². The summed E-state index contributed by atoms with van der Waals surface area (Å²) in [6, 6.07) is 4.15. The van der Waals surface area contributed by atoms with Gasteiger partial charge in [0.15, 0.2) is 5.96 Å². The highest BCUT2D eigenvalue weighted by molar-refractivity contribution is 5.79. The molecule has 1 aliphatic heterocycles. The van der Waals surface area contributed by atoms with Gasteiger partial charge in [0.05, 0.1) is 24.9 Å². The number of rotatable bonds is 8. The predicted octanol–water partition coefficient (Wildman–Crippen LogP) is 2.10. The van der Waals surface area contributed by atoms with Gasteiger partial charge < -0.3 is 19.8 Å². The zero-order valence-electron chi connectivity index (χ0n) is 18.3. The normalized spacial score (nSPS) is 18.5. The zero-order chi connectivity index (χ0) is 20.6. The topological polar surface area (TPSA) is 66.2 Å². The van der Waals surface area contributed by atoms with Crippen LogP contribution in [0.2, 0.25) is 0 Å². The molecule has 0 bridgehead atoms. The molecule has 1 atom stereocenters. The number of nitrogens with one attached hydrogen (secondary N) is 2. The van der Waals surface area contributed by atoms with Gasteiger partial charge in [-0.25, -0.2) is 4.98 Å². The summed E-state index contributed by atoms with van der Waals surface area (Å²) in [6.45, 7) is 14.9. The Morgan fingerprint density at radius 3 is 3.00 bits per heavy atom. The van der Waals surface area contributed by atoms with E-state index in [0.717, 1.165) is 63.1 Å². The molecule has 29 heavy (non-hydrogen) atoms. The molecule has 3 rings (SSSR count). The van der Waals surface area contributed by atoms with Crippen molar-refractivity contribution in [2.45, 2.75) is 40.2 Å². The van der Waals surface area contributed by atoms with Crippen molar-refractivity contribution in [1.82, 2.24) is 24.9 Å². The molecule has 1 fully saturated rings. The SMILES string of the molecule is CCNC(=NCC1CN(CC(C)C)CCO1)NCCc1cn2cccc(C)c2n1. The molecule has 7 nitrogen and oxygen atoms in total. The highest BCUT2D eigenvalue weighted by Gasteiger charge is 2.20. The molecular weight excluding hydrogens is 364 g/mol. The fourth-order valence-corrected chi connectivity index (χ4v) is 3.74. The molecule has 0 amide bonds. The van der Waals surface area contributed by atoms with Gasteiger partial charge >= 0.3 is 0 Å². The van der Waals surface area contributed by atoms with Crippen LogP contribution in [-0.2, 0) is 11.2 Å². The van der Waals surface area contributed by atoms with Crippen LogP contribution in [0.3, 0.4) is 0 Å². The number of morpholine rings is 1. The van der Waals surface area contributed by atoms with Crippen molar-refractivity contribution in [2.24, 2.45) is 10.9 Å². The van der Waals surface area contributed by atoms with E-state index >= 15 is 0 Å². The van der Waals surface area contributed by atoms with Crippen molar-refractivity contribution in [3.05, 3.63) is 35.8 Å². The number of hydrogen-bond acceptors (Lipinski definition) is 4. The molecule has 0 aromatic carbocycles. The van der Waals surface area contributed by atoms with Crippen LogP contribution >= 0.6 is 0 Å². The van der Waals surface area contributed by atoms with Crippen molar-refractivity contribution in [3.8, 4) is 0 Å². The third-order valence-corrected chi connectivity index (χ3v) is 5.04. The number of aliphatic imine (C=N–C) groups is 1. The maximum atomic E-state index is 5.92. The van der Waals surface area contributed by atoms with Gasteiger partial charge in [-0.2, -0.15) is 0 Å². The number of pyridine rings is 1. The minimum Gasteiger partial charge on any atom is -0.374 e. The number of aromatic nitrogens is 2. The number of ether oxygens (including phenoxy) is 1. The number of guanidine groups is 1. The lowest BCUT2D eigenvalue weighted by Gasteiger charge is -2.33. The number of nitrogens with zero attached hydrogens (tertiary/aromatic N) is 4. The summed E-state index contributed by atoms with van der Waals surface area (Å²) in [7, 11) is 0. The summed E-state index contributed by atoms with van der Waals surface area (Å²) in [5.41, 5.74) is 3.31. The second-order valence-electron chi connectivity index (χ2n) is 8.20.